The van der Waals surface area contributed by atoms with Gasteiger partial charge in [0, 0.05) is 25.8 Å². The Morgan fingerprint density at radius 2 is 2.11 bits per heavy atom. The van der Waals surface area contributed by atoms with Crippen LogP contribution in [-0.4, -0.2) is 32.9 Å². The van der Waals surface area contributed by atoms with Crippen molar-refractivity contribution < 1.29 is 19.0 Å². The molecule has 5 nitrogen and oxygen atoms in total. The Hall–Kier alpha value is -1.75. The summed E-state index contributed by atoms with van der Waals surface area (Å²) in [6.45, 7) is 3.23. The Labute approximate surface area is 107 Å². The van der Waals surface area contributed by atoms with Crippen LogP contribution in [0.1, 0.15) is 23.7 Å². The van der Waals surface area contributed by atoms with Gasteiger partial charge >= 0.3 is 5.97 Å². The largest absolute Gasteiger partial charge is 0.493 e. The van der Waals surface area contributed by atoms with Crippen LogP contribution >= 0.6 is 0 Å². The molecule has 1 aromatic rings. The maximum atomic E-state index is 11.6. The van der Waals surface area contributed by atoms with E-state index in [0.29, 0.717) is 36.8 Å². The van der Waals surface area contributed by atoms with E-state index in [2.05, 4.69) is 0 Å². The van der Waals surface area contributed by atoms with Crippen molar-refractivity contribution in [2.75, 3.05) is 32.7 Å². The molecule has 0 saturated carbocycles. The molecule has 0 radical (unpaired) electrons. The standard InChI is InChI=1S/C13H19NO4/c1-3-17-13(15)11-9-10(5-6-12(11)14)18-8-4-7-16-2/h5-6,9H,3-4,7-8,14H2,1-2H3. The highest BCUT2D eigenvalue weighted by Crippen LogP contribution is 2.20. The van der Waals surface area contributed by atoms with Crippen LogP contribution in [0.3, 0.4) is 0 Å². The summed E-state index contributed by atoms with van der Waals surface area (Å²) in [5.41, 5.74) is 6.44. The lowest BCUT2D eigenvalue weighted by Gasteiger charge is -2.09. The van der Waals surface area contributed by atoms with E-state index in [0.717, 1.165) is 6.42 Å². The van der Waals surface area contributed by atoms with Gasteiger partial charge in [-0.1, -0.05) is 0 Å². The molecule has 0 aliphatic rings. The third-order valence-electron chi connectivity index (χ3n) is 2.28. The first-order chi connectivity index (χ1) is 8.69. The smallest absolute Gasteiger partial charge is 0.340 e. The number of nitrogens with two attached hydrogens (primary N) is 1. The molecule has 1 rings (SSSR count). The molecule has 0 atom stereocenters. The zero-order chi connectivity index (χ0) is 13.4. The fourth-order valence-corrected chi connectivity index (χ4v) is 1.40. The number of methoxy groups -OCH3 is 1. The van der Waals surface area contributed by atoms with E-state index in [1.807, 2.05) is 0 Å². The lowest BCUT2D eigenvalue weighted by molar-refractivity contribution is 0.0527. The van der Waals surface area contributed by atoms with Gasteiger partial charge in [-0.2, -0.15) is 0 Å². The zero-order valence-electron chi connectivity index (χ0n) is 10.8. The second kappa shape index (κ2) is 7.55. The van der Waals surface area contributed by atoms with Gasteiger partial charge in [-0.05, 0) is 25.1 Å². The summed E-state index contributed by atoms with van der Waals surface area (Å²) in [5.74, 6) is 0.167. The minimum Gasteiger partial charge on any atom is -0.493 e. The summed E-state index contributed by atoms with van der Waals surface area (Å²) in [5, 5.41) is 0. The molecule has 0 saturated heterocycles. The minimum absolute atomic E-state index is 0.317. The maximum Gasteiger partial charge on any atom is 0.340 e. The van der Waals surface area contributed by atoms with Crippen molar-refractivity contribution in [1.29, 1.82) is 0 Å². The molecule has 1 aromatic carbocycles. The molecule has 0 unspecified atom stereocenters. The summed E-state index contributed by atoms with van der Waals surface area (Å²) in [7, 11) is 1.64. The number of carbonyl (C=O) groups excluding carboxylic acids is 1. The van der Waals surface area contributed by atoms with Crippen molar-refractivity contribution in [3.8, 4) is 5.75 Å². The van der Waals surface area contributed by atoms with Gasteiger partial charge in [-0.15, -0.1) is 0 Å². The van der Waals surface area contributed by atoms with E-state index in [1.54, 1.807) is 32.2 Å². The van der Waals surface area contributed by atoms with Crippen molar-refractivity contribution in [2.24, 2.45) is 0 Å². The topological polar surface area (TPSA) is 70.8 Å². The molecule has 0 aliphatic carbocycles. The molecule has 2 N–H and O–H groups in total. The van der Waals surface area contributed by atoms with Crippen LogP contribution in [0.5, 0.6) is 5.75 Å². The lowest BCUT2D eigenvalue weighted by atomic mass is 10.2. The zero-order valence-corrected chi connectivity index (χ0v) is 10.8. The molecule has 0 heterocycles. The quantitative estimate of drug-likeness (QED) is 0.456. The van der Waals surface area contributed by atoms with Gasteiger partial charge < -0.3 is 19.9 Å². The summed E-state index contributed by atoms with van der Waals surface area (Å²) in [6.07, 6.45) is 0.787. The number of nitrogen functional groups attached to an aromatic ring is 1. The Morgan fingerprint density at radius 1 is 1.33 bits per heavy atom. The van der Waals surface area contributed by atoms with Crippen molar-refractivity contribution in [1.82, 2.24) is 0 Å². The Balaban J connectivity index is 2.65. The number of carbonyl (C=O) groups is 1. The predicted molar refractivity (Wildman–Crippen MR) is 68.8 cm³/mol. The van der Waals surface area contributed by atoms with Crippen molar-refractivity contribution in [3.05, 3.63) is 23.8 Å². The van der Waals surface area contributed by atoms with Crippen molar-refractivity contribution in [3.63, 3.8) is 0 Å². The minimum atomic E-state index is -0.433. The van der Waals surface area contributed by atoms with Gasteiger partial charge in [-0.3, -0.25) is 0 Å². The molecule has 5 heteroatoms. The summed E-state index contributed by atoms with van der Waals surface area (Å²) < 4.78 is 15.3. The van der Waals surface area contributed by atoms with Crippen LogP contribution in [0.25, 0.3) is 0 Å². The highest BCUT2D eigenvalue weighted by atomic mass is 16.5. The SMILES string of the molecule is CCOC(=O)c1cc(OCCCOC)ccc1N. The van der Waals surface area contributed by atoms with Gasteiger partial charge in [-0.25, -0.2) is 4.79 Å². The molecule has 0 bridgehead atoms. The monoisotopic (exact) mass is 253 g/mol. The van der Waals surface area contributed by atoms with E-state index in [1.165, 1.54) is 0 Å². The summed E-state index contributed by atoms with van der Waals surface area (Å²) in [4.78, 5) is 11.6. The van der Waals surface area contributed by atoms with E-state index < -0.39 is 5.97 Å². The second-order valence-electron chi connectivity index (χ2n) is 3.66. The molecule has 0 amide bonds. The third-order valence-corrected chi connectivity index (χ3v) is 2.28. The third kappa shape index (κ3) is 4.25. The second-order valence-corrected chi connectivity index (χ2v) is 3.66. The molecule has 100 valence electrons. The highest BCUT2D eigenvalue weighted by Gasteiger charge is 2.11. The molecule has 0 aromatic heterocycles. The average Bonchev–Trinajstić information content (AvgIpc) is 2.36. The van der Waals surface area contributed by atoms with Crippen LogP contribution in [0.15, 0.2) is 18.2 Å². The maximum absolute atomic E-state index is 11.6. The number of hydrogen-bond donors (Lipinski definition) is 1. The number of esters is 1. The first-order valence-corrected chi connectivity index (χ1v) is 5.87. The first-order valence-electron chi connectivity index (χ1n) is 5.87. The number of rotatable bonds is 7. The van der Waals surface area contributed by atoms with E-state index in [4.69, 9.17) is 19.9 Å². The fraction of sp³-hybridized carbons (Fsp3) is 0.462. The number of ether oxygens (including phenoxy) is 3. The van der Waals surface area contributed by atoms with E-state index in [9.17, 15) is 4.79 Å². The van der Waals surface area contributed by atoms with Crippen LogP contribution in [-0.2, 0) is 9.47 Å². The Bertz CT molecular complexity index is 393. The Morgan fingerprint density at radius 3 is 2.78 bits per heavy atom. The van der Waals surface area contributed by atoms with E-state index in [-0.39, 0.29) is 0 Å². The molecule has 18 heavy (non-hydrogen) atoms. The molecular formula is C13H19NO4. The van der Waals surface area contributed by atoms with E-state index >= 15 is 0 Å². The van der Waals surface area contributed by atoms with Crippen LogP contribution in [0.4, 0.5) is 5.69 Å². The van der Waals surface area contributed by atoms with Gasteiger partial charge in [0.25, 0.3) is 0 Å². The fourth-order valence-electron chi connectivity index (χ4n) is 1.40. The Kier molecular flexibility index (Phi) is 6.00. The van der Waals surface area contributed by atoms with Crippen molar-refractivity contribution >= 4 is 11.7 Å². The van der Waals surface area contributed by atoms with Gasteiger partial charge in [0.05, 0.1) is 18.8 Å². The van der Waals surface area contributed by atoms with Crippen LogP contribution < -0.4 is 10.5 Å². The average molecular weight is 253 g/mol. The normalized spacial score (nSPS) is 10.1. The molecule has 0 fully saturated rings. The summed E-state index contributed by atoms with van der Waals surface area (Å²) in [6, 6.07) is 4.96. The number of anilines is 1. The molecular weight excluding hydrogens is 234 g/mol. The molecule has 0 spiro atoms. The van der Waals surface area contributed by atoms with Crippen molar-refractivity contribution in [2.45, 2.75) is 13.3 Å². The first kappa shape index (κ1) is 14.3. The number of benzene rings is 1. The van der Waals surface area contributed by atoms with Gasteiger partial charge in [0.2, 0.25) is 0 Å². The summed E-state index contributed by atoms with van der Waals surface area (Å²) >= 11 is 0. The van der Waals surface area contributed by atoms with Gasteiger partial charge in [0.1, 0.15) is 5.75 Å². The van der Waals surface area contributed by atoms with Crippen LogP contribution in [0, 0.1) is 0 Å². The van der Waals surface area contributed by atoms with Gasteiger partial charge in [0.15, 0.2) is 0 Å². The number of hydrogen-bond acceptors (Lipinski definition) is 5. The molecule has 0 aliphatic heterocycles. The lowest BCUT2D eigenvalue weighted by Crippen LogP contribution is -2.09. The van der Waals surface area contributed by atoms with Crippen LogP contribution in [0.2, 0.25) is 0 Å². The highest BCUT2D eigenvalue weighted by molar-refractivity contribution is 5.95. The predicted octanol–water partition coefficient (Wildman–Crippen LogP) is 1.86.